The molecule has 30 heavy (non-hydrogen) atoms. The van der Waals surface area contributed by atoms with E-state index in [1.54, 1.807) is 0 Å². The first-order chi connectivity index (χ1) is 14.4. The van der Waals surface area contributed by atoms with Crippen molar-refractivity contribution in [3.05, 3.63) is 0 Å². The van der Waals surface area contributed by atoms with E-state index in [9.17, 15) is 28.8 Å². The summed E-state index contributed by atoms with van der Waals surface area (Å²) in [5.74, 6) is 2.36. The van der Waals surface area contributed by atoms with Crippen molar-refractivity contribution >= 4 is 101 Å². The summed E-state index contributed by atoms with van der Waals surface area (Å²) in [5, 5.41) is -0.301. The van der Waals surface area contributed by atoms with Gasteiger partial charge in [-0.3, -0.25) is 28.8 Å². The summed E-state index contributed by atoms with van der Waals surface area (Å²) in [6.45, 7) is 0. The molecule has 1 rings (SSSR count). The van der Waals surface area contributed by atoms with E-state index in [-0.39, 0.29) is 69.2 Å². The zero-order valence-corrected chi connectivity index (χ0v) is 21.3. The molecule has 0 radical (unpaired) electrons. The molecule has 0 spiro atoms. The minimum atomic E-state index is -0.0502. The van der Waals surface area contributed by atoms with E-state index in [2.05, 4.69) is 0 Å². The molecule has 1 fully saturated rings. The second kappa shape index (κ2) is 17.6. The van der Waals surface area contributed by atoms with Crippen molar-refractivity contribution in [2.24, 2.45) is 0 Å². The van der Waals surface area contributed by atoms with Crippen LogP contribution in [0.15, 0.2) is 0 Å². The van der Waals surface area contributed by atoms with Crippen LogP contribution in [0.25, 0.3) is 0 Å². The van der Waals surface area contributed by atoms with Gasteiger partial charge in [0.25, 0.3) is 0 Å². The lowest BCUT2D eigenvalue weighted by molar-refractivity contribution is -0.111. The quantitative estimate of drug-likeness (QED) is 0.455. The number of hydrogen-bond acceptors (Lipinski definition) is 12. The van der Waals surface area contributed by atoms with Gasteiger partial charge in [-0.05, 0) is 0 Å². The molecule has 0 aromatic rings. The molecule has 0 N–H and O–H groups in total. The van der Waals surface area contributed by atoms with Crippen LogP contribution in [0, 0.1) is 0 Å². The van der Waals surface area contributed by atoms with Gasteiger partial charge in [0.2, 0.25) is 0 Å². The van der Waals surface area contributed by atoms with Crippen molar-refractivity contribution in [2.75, 3.05) is 34.5 Å². The molecule has 12 heteroatoms. The number of carbonyl (C=O) groups is 6. The molecule has 0 atom stereocenters. The third-order valence-corrected chi connectivity index (χ3v) is 9.02. The third kappa shape index (κ3) is 15.9. The Hall–Kier alpha value is 0.120. The molecule has 1 heterocycles. The zero-order chi connectivity index (χ0) is 22.2. The van der Waals surface area contributed by atoms with Crippen molar-refractivity contribution in [1.29, 1.82) is 0 Å². The molecule has 6 nitrogen and oxygen atoms in total. The lowest BCUT2D eigenvalue weighted by Gasteiger charge is -2.04. The van der Waals surface area contributed by atoms with Crippen LogP contribution in [-0.4, -0.2) is 65.2 Å². The second-order valence-corrected chi connectivity index (χ2v) is 12.7. The topological polar surface area (TPSA) is 102 Å². The van der Waals surface area contributed by atoms with Gasteiger partial charge in [0.05, 0.1) is 0 Å². The van der Waals surface area contributed by atoms with Gasteiger partial charge < -0.3 is 0 Å². The van der Waals surface area contributed by atoms with Crippen LogP contribution >= 0.6 is 70.6 Å². The smallest absolute Gasteiger partial charge is 0.189 e. The first-order valence-electron chi connectivity index (χ1n) is 9.30. The van der Waals surface area contributed by atoms with E-state index in [0.29, 0.717) is 34.5 Å². The summed E-state index contributed by atoms with van der Waals surface area (Å²) in [6, 6.07) is 0. The highest BCUT2D eigenvalue weighted by Gasteiger charge is 2.13. The Morgan fingerprint density at radius 3 is 0.567 bits per heavy atom. The minimum Gasteiger partial charge on any atom is -0.287 e. The summed E-state index contributed by atoms with van der Waals surface area (Å²) in [5.41, 5.74) is 0. The van der Waals surface area contributed by atoms with Gasteiger partial charge in [0, 0.05) is 73.0 Å². The molecule has 1 aliphatic rings. The maximum absolute atomic E-state index is 11.8. The Morgan fingerprint density at radius 2 is 0.433 bits per heavy atom. The van der Waals surface area contributed by atoms with Crippen molar-refractivity contribution in [3.8, 4) is 0 Å². The highest BCUT2D eigenvalue weighted by atomic mass is 32.2. The molecule has 168 valence electrons. The van der Waals surface area contributed by atoms with Gasteiger partial charge in [-0.15, -0.1) is 0 Å². The molecule has 0 unspecified atom stereocenters. The van der Waals surface area contributed by atoms with Crippen molar-refractivity contribution < 1.29 is 28.8 Å². The van der Waals surface area contributed by atoms with Crippen molar-refractivity contribution in [2.45, 2.75) is 38.5 Å². The number of carbonyl (C=O) groups excluding carboxylic acids is 6. The molecule has 0 aliphatic carbocycles. The Labute approximate surface area is 202 Å². The van der Waals surface area contributed by atoms with Gasteiger partial charge in [-0.2, -0.15) is 0 Å². The van der Waals surface area contributed by atoms with E-state index < -0.39 is 0 Å². The molecule has 0 aromatic carbocycles. The molecule has 0 amide bonds. The van der Waals surface area contributed by atoms with Gasteiger partial charge in [-0.1, -0.05) is 70.6 Å². The maximum Gasteiger partial charge on any atom is 0.189 e. The van der Waals surface area contributed by atoms with E-state index in [1.165, 1.54) is 0 Å². The van der Waals surface area contributed by atoms with Gasteiger partial charge in [-0.25, -0.2) is 0 Å². The Bertz CT molecular complexity index is 463. The number of thioether (sulfide) groups is 6. The zero-order valence-electron chi connectivity index (χ0n) is 16.4. The highest BCUT2D eigenvalue weighted by molar-refractivity contribution is 8.16. The van der Waals surface area contributed by atoms with Gasteiger partial charge in [0.15, 0.2) is 30.7 Å². The monoisotopic (exact) mass is 528 g/mol. The van der Waals surface area contributed by atoms with Crippen molar-refractivity contribution in [3.63, 3.8) is 0 Å². The van der Waals surface area contributed by atoms with Crippen LogP contribution in [0.3, 0.4) is 0 Å². The predicted molar refractivity (Wildman–Crippen MR) is 132 cm³/mol. The van der Waals surface area contributed by atoms with Gasteiger partial charge >= 0.3 is 0 Å². The summed E-state index contributed by atoms with van der Waals surface area (Å²) < 4.78 is 0. The lowest BCUT2D eigenvalue weighted by atomic mass is 10.5. The fourth-order valence-electron chi connectivity index (χ4n) is 1.92. The lowest BCUT2D eigenvalue weighted by Crippen LogP contribution is -2.04. The van der Waals surface area contributed by atoms with Crippen LogP contribution < -0.4 is 0 Å². The average molecular weight is 529 g/mol. The normalized spacial score (nSPS) is 22.0. The molecule has 0 saturated carbocycles. The van der Waals surface area contributed by atoms with Crippen molar-refractivity contribution in [1.82, 2.24) is 0 Å². The summed E-state index contributed by atoms with van der Waals surface area (Å²) in [6.07, 6.45) is 1.53. The largest absolute Gasteiger partial charge is 0.287 e. The molecule has 0 aromatic heterocycles. The maximum atomic E-state index is 11.8. The average Bonchev–Trinajstić information content (AvgIpc) is 2.67. The molecular weight excluding hydrogens is 505 g/mol. The predicted octanol–water partition coefficient (Wildman–Crippen LogP) is 3.90. The number of rotatable bonds is 0. The fraction of sp³-hybridized carbons (Fsp3) is 0.667. The Morgan fingerprint density at radius 1 is 0.300 bits per heavy atom. The first-order valence-corrected chi connectivity index (χ1v) is 15.2. The standard InChI is InChI=1S/C18H24O6S6/c19-13-1-7-25-14(20)3-9-27-16(22)5-11-29-18(24)6-12-30-17(23)4-10-28-15(21)2-8-26-13/h1-12H2. The van der Waals surface area contributed by atoms with E-state index in [4.69, 9.17) is 0 Å². The summed E-state index contributed by atoms with van der Waals surface area (Å²) in [4.78, 5) is 70.9. The summed E-state index contributed by atoms with van der Waals surface area (Å²) >= 11 is 6.54. The Balaban J connectivity index is 2.44. The summed E-state index contributed by atoms with van der Waals surface area (Å²) in [7, 11) is 0. The van der Waals surface area contributed by atoms with Gasteiger partial charge in [0.1, 0.15) is 0 Å². The SMILES string of the molecule is O=C1CCSC(=O)CCSC(=O)CCSC(=O)CCSC(=O)CCSC(=O)CCS1. The van der Waals surface area contributed by atoms with Crippen LogP contribution in [-0.2, 0) is 28.8 Å². The van der Waals surface area contributed by atoms with Crippen LogP contribution in [0.1, 0.15) is 38.5 Å². The first kappa shape index (κ1) is 28.2. The third-order valence-electron chi connectivity index (χ3n) is 3.42. The second-order valence-electron chi connectivity index (χ2n) is 5.82. The number of hydrogen-bond donors (Lipinski definition) is 0. The highest BCUT2D eigenvalue weighted by Crippen LogP contribution is 2.19. The van der Waals surface area contributed by atoms with Crippen LogP contribution in [0.4, 0.5) is 0 Å². The molecular formula is C18H24O6S6. The Kier molecular flexibility index (Phi) is 16.6. The van der Waals surface area contributed by atoms with E-state index in [1.807, 2.05) is 0 Å². The minimum absolute atomic E-state index is 0.0502. The van der Waals surface area contributed by atoms with Crippen LogP contribution in [0.2, 0.25) is 0 Å². The molecule has 0 bridgehead atoms. The molecule has 1 aliphatic heterocycles. The van der Waals surface area contributed by atoms with E-state index in [0.717, 1.165) is 70.6 Å². The molecule has 1 saturated heterocycles. The van der Waals surface area contributed by atoms with E-state index >= 15 is 0 Å². The fourth-order valence-corrected chi connectivity index (χ4v) is 7.27. The van der Waals surface area contributed by atoms with Crippen LogP contribution in [0.5, 0.6) is 0 Å².